The topological polar surface area (TPSA) is 52.6 Å². The van der Waals surface area contributed by atoms with E-state index in [0.29, 0.717) is 24.0 Å². The molecule has 0 aromatic heterocycles. The third-order valence-electron chi connectivity index (χ3n) is 5.82. The first kappa shape index (κ1) is 18.1. The minimum absolute atomic E-state index is 0.182. The van der Waals surface area contributed by atoms with Crippen molar-refractivity contribution in [3.63, 3.8) is 0 Å². The number of rotatable bonds is 5. The van der Waals surface area contributed by atoms with Crippen LogP contribution in [0.25, 0.3) is 0 Å². The molecule has 4 rings (SSSR count). The van der Waals surface area contributed by atoms with Crippen molar-refractivity contribution in [3.8, 4) is 0 Å². The van der Waals surface area contributed by atoms with Crippen molar-refractivity contribution in [1.29, 1.82) is 0 Å². The number of fused-ring (bicyclic) bond motifs is 2. The first-order valence-electron chi connectivity index (χ1n) is 9.20. The largest absolute Gasteiger partial charge is 0.389 e. The number of nitrogens with one attached hydrogen (secondary N) is 1. The monoisotopic (exact) mass is 372 g/mol. The molecule has 2 N–H and O–H groups in total. The number of halogens is 2. The molecule has 1 fully saturated rings. The number of likely N-dealkylation sites (N-methyl/N-ethyl adjacent to an activating group) is 1. The lowest BCUT2D eigenvalue weighted by molar-refractivity contribution is -0.127. The molecule has 0 bridgehead atoms. The van der Waals surface area contributed by atoms with Gasteiger partial charge in [-0.1, -0.05) is 30.7 Å². The number of aliphatic hydroxyl groups is 1. The van der Waals surface area contributed by atoms with Crippen LogP contribution in [-0.2, 0) is 10.2 Å². The van der Waals surface area contributed by atoms with Crippen LogP contribution in [0.5, 0.6) is 0 Å². The molecule has 6 heteroatoms. The maximum absolute atomic E-state index is 14.9. The van der Waals surface area contributed by atoms with Crippen LogP contribution in [0.2, 0.25) is 0 Å². The Morgan fingerprint density at radius 1 is 1.22 bits per heavy atom. The van der Waals surface area contributed by atoms with Gasteiger partial charge in [-0.05, 0) is 49.2 Å². The molecule has 2 aromatic carbocycles. The Kier molecular flexibility index (Phi) is 4.48. The van der Waals surface area contributed by atoms with E-state index in [2.05, 4.69) is 5.32 Å². The summed E-state index contributed by atoms with van der Waals surface area (Å²) >= 11 is 0. The van der Waals surface area contributed by atoms with E-state index in [9.17, 15) is 18.7 Å². The van der Waals surface area contributed by atoms with Crippen molar-refractivity contribution < 1.29 is 18.7 Å². The molecule has 0 saturated heterocycles. The van der Waals surface area contributed by atoms with E-state index in [-0.39, 0.29) is 18.1 Å². The summed E-state index contributed by atoms with van der Waals surface area (Å²) in [5, 5.41) is 13.7. The van der Waals surface area contributed by atoms with Crippen LogP contribution in [0.4, 0.5) is 14.5 Å². The van der Waals surface area contributed by atoms with Crippen LogP contribution < -0.4 is 10.2 Å². The molecule has 2 aliphatic rings. The van der Waals surface area contributed by atoms with E-state index < -0.39 is 29.2 Å². The lowest BCUT2D eigenvalue weighted by Crippen LogP contribution is -2.49. The van der Waals surface area contributed by atoms with E-state index >= 15 is 0 Å². The van der Waals surface area contributed by atoms with E-state index in [1.54, 1.807) is 25.2 Å². The van der Waals surface area contributed by atoms with Crippen molar-refractivity contribution in [3.05, 3.63) is 65.2 Å². The molecule has 1 amide bonds. The molecule has 142 valence electrons. The second kappa shape index (κ2) is 6.69. The van der Waals surface area contributed by atoms with Crippen LogP contribution in [-0.4, -0.2) is 30.7 Å². The van der Waals surface area contributed by atoms with Gasteiger partial charge in [0.15, 0.2) is 0 Å². The predicted octanol–water partition coefficient (Wildman–Crippen LogP) is 3.05. The van der Waals surface area contributed by atoms with Crippen molar-refractivity contribution in [1.82, 2.24) is 5.32 Å². The molecule has 1 aliphatic carbocycles. The summed E-state index contributed by atoms with van der Waals surface area (Å²) in [4.78, 5) is 14.8. The number of anilines is 1. The molecule has 1 heterocycles. The van der Waals surface area contributed by atoms with Crippen molar-refractivity contribution >= 4 is 11.6 Å². The predicted molar refractivity (Wildman–Crippen MR) is 98.5 cm³/mol. The zero-order valence-electron chi connectivity index (χ0n) is 15.1. The Labute approximate surface area is 156 Å². The summed E-state index contributed by atoms with van der Waals surface area (Å²) in [5.74, 6) is -1.17. The summed E-state index contributed by atoms with van der Waals surface area (Å²) in [7, 11) is 1.68. The van der Waals surface area contributed by atoms with Crippen LogP contribution in [0, 0.1) is 11.6 Å². The van der Waals surface area contributed by atoms with E-state index in [1.165, 1.54) is 29.2 Å². The molecule has 27 heavy (non-hydrogen) atoms. The molecular formula is C21H22F2N2O2. The molecule has 1 saturated carbocycles. The highest BCUT2D eigenvalue weighted by molar-refractivity contribution is 6.09. The zero-order valence-corrected chi connectivity index (χ0v) is 15.1. The Morgan fingerprint density at radius 3 is 2.59 bits per heavy atom. The van der Waals surface area contributed by atoms with Crippen molar-refractivity contribution in [2.24, 2.45) is 0 Å². The van der Waals surface area contributed by atoms with Crippen molar-refractivity contribution in [2.75, 3.05) is 18.5 Å². The number of carbonyl (C=O) groups excluding carboxylic acids is 1. The number of hydrogen-bond acceptors (Lipinski definition) is 3. The standard InChI is InChI=1S/C21H22F2N2O2/c1-24-12-17(26)18(13-5-2-6-14(22)11-13)25-19-15(7-3-8-16(19)23)21(20(25)27)9-4-10-21/h2-3,5-8,11,17-18,24,26H,4,9-10,12H2,1H3/t17-,18?/m1/s1. The Balaban J connectivity index is 1.89. The maximum atomic E-state index is 14.9. The van der Waals surface area contributed by atoms with Gasteiger partial charge < -0.3 is 10.4 Å². The smallest absolute Gasteiger partial charge is 0.238 e. The SMILES string of the molecule is CNC[C@@H](O)C(c1cccc(F)c1)N1C(=O)C2(CCC2)c2cccc(F)c21. The molecule has 0 radical (unpaired) electrons. The van der Waals surface area contributed by atoms with Crippen LogP contribution in [0.15, 0.2) is 42.5 Å². The fourth-order valence-corrected chi connectivity index (χ4v) is 4.43. The lowest BCUT2D eigenvalue weighted by atomic mass is 9.65. The molecule has 4 nitrogen and oxygen atoms in total. The summed E-state index contributed by atoms with van der Waals surface area (Å²) in [6, 6.07) is 9.65. The third-order valence-corrected chi connectivity index (χ3v) is 5.82. The average molecular weight is 372 g/mol. The molecule has 1 aliphatic heterocycles. The number of carbonyl (C=O) groups is 1. The minimum atomic E-state index is -1.02. The first-order valence-corrected chi connectivity index (χ1v) is 9.20. The summed E-state index contributed by atoms with van der Waals surface area (Å²) in [5.41, 5.74) is 0.614. The van der Waals surface area contributed by atoms with Gasteiger partial charge in [0.25, 0.3) is 0 Å². The number of para-hydroxylation sites is 1. The van der Waals surface area contributed by atoms with Gasteiger partial charge >= 0.3 is 0 Å². The van der Waals surface area contributed by atoms with Gasteiger partial charge in [-0.2, -0.15) is 0 Å². The Bertz CT molecular complexity index is 882. The van der Waals surface area contributed by atoms with E-state index in [1.807, 2.05) is 0 Å². The second-order valence-corrected chi connectivity index (χ2v) is 7.37. The van der Waals surface area contributed by atoms with Crippen molar-refractivity contribution in [2.45, 2.75) is 36.8 Å². The van der Waals surface area contributed by atoms with Gasteiger partial charge in [0, 0.05) is 6.54 Å². The molecule has 1 spiro atoms. The minimum Gasteiger partial charge on any atom is -0.389 e. The van der Waals surface area contributed by atoms with Gasteiger partial charge in [-0.25, -0.2) is 8.78 Å². The van der Waals surface area contributed by atoms with Crippen LogP contribution >= 0.6 is 0 Å². The Morgan fingerprint density at radius 2 is 1.96 bits per heavy atom. The number of benzene rings is 2. The van der Waals surface area contributed by atoms with Gasteiger partial charge in [0.2, 0.25) is 5.91 Å². The van der Waals surface area contributed by atoms with Crippen LogP contribution in [0.3, 0.4) is 0 Å². The highest BCUT2D eigenvalue weighted by Gasteiger charge is 2.57. The molecule has 2 aromatic rings. The average Bonchev–Trinajstić information content (AvgIpc) is 2.86. The van der Waals surface area contributed by atoms with Gasteiger partial charge in [0.1, 0.15) is 11.6 Å². The van der Waals surface area contributed by atoms with Gasteiger partial charge in [-0.15, -0.1) is 0 Å². The summed E-state index contributed by atoms with van der Waals surface area (Å²) in [6.07, 6.45) is 1.20. The van der Waals surface area contributed by atoms with E-state index in [0.717, 1.165) is 6.42 Å². The fraction of sp³-hybridized carbons (Fsp3) is 0.381. The van der Waals surface area contributed by atoms with Gasteiger partial charge in [-0.3, -0.25) is 9.69 Å². The highest BCUT2D eigenvalue weighted by Crippen LogP contribution is 2.56. The summed E-state index contributed by atoms with van der Waals surface area (Å²) < 4.78 is 28.7. The second-order valence-electron chi connectivity index (χ2n) is 7.37. The van der Waals surface area contributed by atoms with E-state index in [4.69, 9.17) is 0 Å². The quantitative estimate of drug-likeness (QED) is 0.848. The lowest BCUT2D eigenvalue weighted by Gasteiger charge is -2.39. The number of amides is 1. The molecular weight excluding hydrogens is 350 g/mol. The first-order chi connectivity index (χ1) is 13.0. The number of hydrogen-bond donors (Lipinski definition) is 2. The van der Waals surface area contributed by atoms with Gasteiger partial charge in [0.05, 0.1) is 23.2 Å². The fourth-order valence-electron chi connectivity index (χ4n) is 4.43. The normalized spacial score (nSPS) is 19.7. The van der Waals surface area contributed by atoms with Crippen LogP contribution in [0.1, 0.15) is 36.4 Å². The number of nitrogens with zero attached hydrogens (tertiary/aromatic N) is 1. The maximum Gasteiger partial charge on any atom is 0.238 e. The number of aliphatic hydroxyl groups excluding tert-OH is 1. The third kappa shape index (κ3) is 2.66. The Hall–Kier alpha value is -2.31. The molecule has 1 unspecified atom stereocenters. The zero-order chi connectivity index (χ0) is 19.2. The highest BCUT2D eigenvalue weighted by atomic mass is 19.1. The molecule has 2 atom stereocenters. The summed E-state index contributed by atoms with van der Waals surface area (Å²) in [6.45, 7) is 0.182.